The van der Waals surface area contributed by atoms with E-state index in [4.69, 9.17) is 10.6 Å². The molecule has 0 atom stereocenters. The summed E-state index contributed by atoms with van der Waals surface area (Å²) < 4.78 is 15.8. The van der Waals surface area contributed by atoms with E-state index in [9.17, 15) is 14.4 Å². The van der Waals surface area contributed by atoms with E-state index in [-0.39, 0.29) is 34.8 Å². The highest BCUT2D eigenvalue weighted by Crippen LogP contribution is 2.40. The molecule has 0 spiro atoms. The molecule has 2 amide bonds. The lowest BCUT2D eigenvalue weighted by molar-refractivity contribution is -0.121. The van der Waals surface area contributed by atoms with Crippen molar-refractivity contribution < 1.29 is 18.8 Å². The first-order chi connectivity index (χ1) is 13.3. The Balaban J connectivity index is 2.40. The standard InChI is InChI=1S/C19H23FN4O4/c1-3-28-24-17(16(21)26)22-13-8-7-12(20)15(14(13)18(24)27)19(23-11(2)25)9-5-4-6-10-19/h7-8H,3-6,9-10H2,1-2H3,(H2,21,26)(H,23,25). The van der Waals surface area contributed by atoms with Gasteiger partial charge < -0.3 is 15.9 Å². The summed E-state index contributed by atoms with van der Waals surface area (Å²) in [6, 6.07) is 2.51. The Morgan fingerprint density at radius 1 is 1.32 bits per heavy atom. The molecule has 0 saturated heterocycles. The van der Waals surface area contributed by atoms with Gasteiger partial charge in [-0.15, -0.1) is 4.73 Å². The summed E-state index contributed by atoms with van der Waals surface area (Å²) in [5.74, 6) is -2.23. The molecule has 1 aromatic carbocycles. The first kappa shape index (κ1) is 19.8. The summed E-state index contributed by atoms with van der Waals surface area (Å²) in [5, 5.41) is 2.85. The lowest BCUT2D eigenvalue weighted by Crippen LogP contribution is -2.48. The summed E-state index contributed by atoms with van der Waals surface area (Å²) in [7, 11) is 0. The third-order valence-corrected chi connectivity index (χ3v) is 5.03. The number of hydrogen-bond acceptors (Lipinski definition) is 5. The molecule has 1 aliphatic rings. The third kappa shape index (κ3) is 3.32. The maximum atomic E-state index is 15.1. The summed E-state index contributed by atoms with van der Waals surface area (Å²) in [4.78, 5) is 46.3. The van der Waals surface area contributed by atoms with E-state index in [0.29, 0.717) is 17.6 Å². The Labute approximate surface area is 160 Å². The maximum Gasteiger partial charge on any atom is 0.295 e. The Morgan fingerprint density at radius 2 is 2.00 bits per heavy atom. The van der Waals surface area contributed by atoms with Crippen LogP contribution in [0.25, 0.3) is 10.9 Å². The number of aromatic nitrogens is 2. The summed E-state index contributed by atoms with van der Waals surface area (Å²) in [6.07, 6.45) is 3.51. The van der Waals surface area contributed by atoms with E-state index >= 15 is 4.39 Å². The minimum absolute atomic E-state index is 0.0194. The van der Waals surface area contributed by atoms with Crippen molar-refractivity contribution in [3.63, 3.8) is 0 Å². The second-order valence-electron chi connectivity index (χ2n) is 6.96. The minimum Gasteiger partial charge on any atom is -0.409 e. The van der Waals surface area contributed by atoms with Gasteiger partial charge in [0.05, 0.1) is 16.4 Å². The first-order valence-corrected chi connectivity index (χ1v) is 9.28. The number of rotatable bonds is 5. The van der Waals surface area contributed by atoms with Crippen molar-refractivity contribution in [2.75, 3.05) is 6.61 Å². The van der Waals surface area contributed by atoms with E-state index in [1.807, 2.05) is 0 Å². The summed E-state index contributed by atoms with van der Waals surface area (Å²) in [5.41, 5.74) is 3.79. The van der Waals surface area contributed by atoms with Crippen molar-refractivity contribution in [2.24, 2.45) is 5.73 Å². The van der Waals surface area contributed by atoms with Crippen LogP contribution >= 0.6 is 0 Å². The Bertz CT molecular complexity index is 996. The zero-order chi connectivity index (χ0) is 20.5. The summed E-state index contributed by atoms with van der Waals surface area (Å²) >= 11 is 0. The van der Waals surface area contributed by atoms with Crippen molar-refractivity contribution in [3.05, 3.63) is 39.7 Å². The van der Waals surface area contributed by atoms with Crippen molar-refractivity contribution in [2.45, 2.75) is 51.5 Å². The Kier molecular flexibility index (Phi) is 5.35. The van der Waals surface area contributed by atoms with E-state index in [1.54, 1.807) is 6.92 Å². The average Bonchev–Trinajstić information content (AvgIpc) is 2.64. The van der Waals surface area contributed by atoms with Gasteiger partial charge in [0.2, 0.25) is 11.7 Å². The fourth-order valence-electron chi connectivity index (χ4n) is 4.03. The maximum absolute atomic E-state index is 15.1. The van der Waals surface area contributed by atoms with Gasteiger partial charge in [-0.1, -0.05) is 19.3 Å². The predicted octanol–water partition coefficient (Wildman–Crippen LogP) is 1.38. The highest BCUT2D eigenvalue weighted by molar-refractivity contribution is 5.92. The number of nitrogens with one attached hydrogen (secondary N) is 1. The molecule has 2 aromatic rings. The smallest absolute Gasteiger partial charge is 0.295 e. The van der Waals surface area contributed by atoms with Crippen molar-refractivity contribution in [1.29, 1.82) is 0 Å². The number of nitrogens with two attached hydrogens (primary N) is 1. The number of amides is 2. The Morgan fingerprint density at radius 3 is 2.57 bits per heavy atom. The van der Waals surface area contributed by atoms with Gasteiger partial charge in [0.15, 0.2) is 0 Å². The fraction of sp³-hybridized carbons (Fsp3) is 0.474. The number of carbonyl (C=O) groups excluding carboxylic acids is 2. The molecule has 1 aliphatic carbocycles. The van der Waals surface area contributed by atoms with Gasteiger partial charge in [0.1, 0.15) is 12.4 Å². The Hall–Kier alpha value is -2.97. The van der Waals surface area contributed by atoms with Crippen LogP contribution in [0, 0.1) is 5.82 Å². The zero-order valence-corrected chi connectivity index (χ0v) is 15.9. The number of carbonyl (C=O) groups is 2. The molecule has 150 valence electrons. The molecule has 1 heterocycles. The van der Waals surface area contributed by atoms with E-state index in [0.717, 1.165) is 19.3 Å². The molecule has 9 heteroatoms. The third-order valence-electron chi connectivity index (χ3n) is 5.03. The molecular formula is C19H23FN4O4. The van der Waals surface area contributed by atoms with E-state index in [1.165, 1.54) is 19.1 Å². The SMILES string of the molecule is CCOn1c(C(N)=O)nc2ccc(F)c(C3(NC(C)=O)CCCCC3)c2c1=O. The lowest BCUT2D eigenvalue weighted by Gasteiger charge is -2.39. The van der Waals surface area contributed by atoms with Gasteiger partial charge in [-0.2, -0.15) is 0 Å². The predicted molar refractivity (Wildman–Crippen MR) is 100 cm³/mol. The number of nitrogens with zero attached hydrogens (tertiary/aromatic N) is 2. The molecule has 3 N–H and O–H groups in total. The average molecular weight is 390 g/mol. The normalized spacial score (nSPS) is 16.0. The van der Waals surface area contributed by atoms with Gasteiger partial charge in [0.25, 0.3) is 11.5 Å². The van der Waals surface area contributed by atoms with Gasteiger partial charge >= 0.3 is 0 Å². The van der Waals surface area contributed by atoms with Crippen LogP contribution in [0.15, 0.2) is 16.9 Å². The highest BCUT2D eigenvalue weighted by atomic mass is 19.1. The molecule has 1 aromatic heterocycles. The molecule has 0 aliphatic heterocycles. The molecular weight excluding hydrogens is 367 g/mol. The number of fused-ring (bicyclic) bond motifs is 1. The van der Waals surface area contributed by atoms with E-state index in [2.05, 4.69) is 10.3 Å². The fourth-order valence-corrected chi connectivity index (χ4v) is 4.03. The van der Waals surface area contributed by atoms with Crippen LogP contribution < -0.4 is 21.4 Å². The second kappa shape index (κ2) is 7.57. The van der Waals surface area contributed by atoms with Crippen LogP contribution in [0.4, 0.5) is 4.39 Å². The molecule has 1 saturated carbocycles. The largest absolute Gasteiger partial charge is 0.409 e. The molecule has 0 unspecified atom stereocenters. The molecule has 1 fully saturated rings. The van der Waals surface area contributed by atoms with Gasteiger partial charge in [0, 0.05) is 12.5 Å². The molecule has 3 rings (SSSR count). The number of benzene rings is 1. The summed E-state index contributed by atoms with van der Waals surface area (Å²) in [6.45, 7) is 3.07. The van der Waals surface area contributed by atoms with Crippen LogP contribution in [-0.4, -0.2) is 28.1 Å². The number of halogens is 1. The molecule has 28 heavy (non-hydrogen) atoms. The minimum atomic E-state index is -1.02. The zero-order valence-electron chi connectivity index (χ0n) is 15.9. The monoisotopic (exact) mass is 390 g/mol. The van der Waals surface area contributed by atoms with Crippen molar-refractivity contribution in [1.82, 2.24) is 15.0 Å². The van der Waals surface area contributed by atoms with Crippen molar-refractivity contribution >= 4 is 22.7 Å². The quantitative estimate of drug-likeness (QED) is 0.800. The lowest BCUT2D eigenvalue weighted by atomic mass is 9.75. The van der Waals surface area contributed by atoms with Gasteiger partial charge in [-0.3, -0.25) is 14.4 Å². The van der Waals surface area contributed by atoms with Crippen LogP contribution in [0.5, 0.6) is 0 Å². The van der Waals surface area contributed by atoms with Crippen LogP contribution in [0.3, 0.4) is 0 Å². The number of hydrogen-bond donors (Lipinski definition) is 2. The first-order valence-electron chi connectivity index (χ1n) is 9.28. The van der Waals surface area contributed by atoms with E-state index < -0.39 is 22.8 Å². The van der Waals surface area contributed by atoms with Crippen LogP contribution in [-0.2, 0) is 10.3 Å². The van der Waals surface area contributed by atoms with Gasteiger partial charge in [-0.25, -0.2) is 9.37 Å². The molecule has 0 bridgehead atoms. The molecule has 0 radical (unpaired) electrons. The number of primary amides is 1. The van der Waals surface area contributed by atoms with Crippen molar-refractivity contribution in [3.8, 4) is 0 Å². The van der Waals surface area contributed by atoms with Gasteiger partial charge in [-0.05, 0) is 31.9 Å². The molecule has 8 nitrogen and oxygen atoms in total. The van der Waals surface area contributed by atoms with Crippen LogP contribution in [0.2, 0.25) is 0 Å². The second-order valence-corrected chi connectivity index (χ2v) is 6.96. The topological polar surface area (TPSA) is 116 Å². The van der Waals surface area contributed by atoms with Crippen LogP contribution in [0.1, 0.15) is 62.1 Å². The highest BCUT2D eigenvalue weighted by Gasteiger charge is 2.39.